The second-order valence-electron chi connectivity index (χ2n) is 3.42. The van der Waals surface area contributed by atoms with E-state index in [1.54, 1.807) is 0 Å². The normalized spacial score (nSPS) is 10.2. The first-order chi connectivity index (χ1) is 8.33. The van der Waals surface area contributed by atoms with Gasteiger partial charge in [-0.15, -0.1) is 0 Å². The van der Waals surface area contributed by atoms with Crippen molar-refractivity contribution in [2.45, 2.75) is 18.9 Å². The zero-order chi connectivity index (χ0) is 14.3. The fourth-order valence-electron chi connectivity index (χ4n) is 1.36. The van der Waals surface area contributed by atoms with Crippen LogP contribution in [-0.2, 0) is 28.7 Å². The van der Waals surface area contributed by atoms with Crippen LogP contribution in [0.2, 0.25) is 0 Å². The van der Waals surface area contributed by atoms with Gasteiger partial charge in [0.25, 0.3) is 0 Å². The number of allylic oxidation sites excluding steroid dienone is 1. The molecule has 0 atom stereocenters. The number of methoxy groups -OCH3 is 2. The summed E-state index contributed by atoms with van der Waals surface area (Å²) in [6, 6.07) is 0. The molecular formula is C11H15NO6. The molecule has 0 unspecified atom stereocenters. The maximum atomic E-state index is 11.7. The smallest absolute Gasteiger partial charge is 0.343 e. The third kappa shape index (κ3) is 3.41. The Balaban J connectivity index is 5.59. The summed E-state index contributed by atoms with van der Waals surface area (Å²) in [5, 5.41) is 2.10. The molecule has 0 aliphatic carbocycles. The monoisotopic (exact) mass is 257 g/mol. The number of ketones is 1. The molecule has 0 aromatic heterocycles. The Labute approximate surface area is 104 Å². The average molecular weight is 257 g/mol. The van der Waals surface area contributed by atoms with E-state index in [0.29, 0.717) is 0 Å². The van der Waals surface area contributed by atoms with Crippen LogP contribution in [0, 0.1) is 0 Å². The van der Waals surface area contributed by atoms with E-state index < -0.39 is 35.6 Å². The highest BCUT2D eigenvalue weighted by Gasteiger charge is 2.50. The van der Waals surface area contributed by atoms with Crippen LogP contribution in [0.5, 0.6) is 0 Å². The van der Waals surface area contributed by atoms with Crippen LogP contribution in [0.3, 0.4) is 0 Å². The van der Waals surface area contributed by atoms with Crippen molar-refractivity contribution in [2.75, 3.05) is 14.2 Å². The maximum Gasteiger partial charge on any atom is 0.343 e. The van der Waals surface area contributed by atoms with Gasteiger partial charge in [0.15, 0.2) is 5.78 Å². The van der Waals surface area contributed by atoms with E-state index in [0.717, 1.165) is 27.2 Å². The predicted octanol–water partition coefficient (Wildman–Crippen LogP) is -0.647. The summed E-state index contributed by atoms with van der Waals surface area (Å²) in [5.41, 5.74) is -2.18. The Bertz CT molecular complexity index is 371. The van der Waals surface area contributed by atoms with Gasteiger partial charge >= 0.3 is 11.9 Å². The molecule has 18 heavy (non-hydrogen) atoms. The van der Waals surface area contributed by atoms with Gasteiger partial charge in [0, 0.05) is 6.92 Å². The van der Waals surface area contributed by atoms with E-state index >= 15 is 0 Å². The number of ether oxygens (including phenoxy) is 2. The molecule has 0 aliphatic rings. The molecule has 0 saturated carbocycles. The van der Waals surface area contributed by atoms with Gasteiger partial charge in [-0.25, -0.2) is 9.59 Å². The van der Waals surface area contributed by atoms with Gasteiger partial charge < -0.3 is 14.8 Å². The second-order valence-corrected chi connectivity index (χ2v) is 3.42. The molecular weight excluding hydrogens is 242 g/mol. The molecule has 0 aromatic carbocycles. The molecule has 0 spiro atoms. The van der Waals surface area contributed by atoms with E-state index in [4.69, 9.17) is 0 Å². The minimum absolute atomic E-state index is 0.612. The van der Waals surface area contributed by atoms with Gasteiger partial charge in [-0.3, -0.25) is 9.59 Å². The molecule has 1 amide bonds. The number of carbonyl (C=O) groups is 4. The lowest BCUT2D eigenvalue weighted by Gasteiger charge is -2.27. The lowest BCUT2D eigenvalue weighted by Crippen LogP contribution is -2.61. The molecule has 0 saturated heterocycles. The fourth-order valence-corrected chi connectivity index (χ4v) is 1.36. The standard InChI is InChI=1S/C11H15NO6/c1-5-8(14)6-11(9(15)17-3,10(16)18-4)12-7(2)13/h5H,1,6H2,2-4H3,(H,12,13). The minimum Gasteiger partial charge on any atom is -0.467 e. The molecule has 0 aromatic rings. The molecule has 7 heteroatoms. The van der Waals surface area contributed by atoms with Crippen LogP contribution in [0.15, 0.2) is 12.7 Å². The Kier molecular flexibility index (Phi) is 5.74. The SMILES string of the molecule is C=CC(=O)CC(NC(C)=O)(C(=O)OC)C(=O)OC. The van der Waals surface area contributed by atoms with Crippen LogP contribution in [0.1, 0.15) is 13.3 Å². The van der Waals surface area contributed by atoms with E-state index in [1.807, 2.05) is 0 Å². The Morgan fingerprint density at radius 2 is 1.61 bits per heavy atom. The van der Waals surface area contributed by atoms with Crippen molar-refractivity contribution in [2.24, 2.45) is 0 Å². The average Bonchev–Trinajstić information content (AvgIpc) is 2.34. The minimum atomic E-state index is -2.18. The van der Waals surface area contributed by atoms with Crippen molar-refractivity contribution in [3.8, 4) is 0 Å². The number of nitrogens with one attached hydrogen (secondary N) is 1. The molecule has 0 bridgehead atoms. The highest BCUT2D eigenvalue weighted by molar-refractivity contribution is 6.11. The van der Waals surface area contributed by atoms with Crippen molar-refractivity contribution in [3.63, 3.8) is 0 Å². The predicted molar refractivity (Wildman–Crippen MR) is 60.4 cm³/mol. The lowest BCUT2D eigenvalue weighted by molar-refractivity contribution is -0.166. The fraction of sp³-hybridized carbons (Fsp3) is 0.455. The molecule has 0 heterocycles. The highest BCUT2D eigenvalue weighted by atomic mass is 16.5. The van der Waals surface area contributed by atoms with Crippen molar-refractivity contribution in [1.29, 1.82) is 0 Å². The van der Waals surface area contributed by atoms with E-state index in [-0.39, 0.29) is 0 Å². The van der Waals surface area contributed by atoms with Gasteiger partial charge in [0.1, 0.15) is 0 Å². The Morgan fingerprint density at radius 1 is 1.17 bits per heavy atom. The van der Waals surface area contributed by atoms with Crippen LogP contribution >= 0.6 is 0 Å². The number of hydrogen-bond donors (Lipinski definition) is 1. The summed E-state index contributed by atoms with van der Waals surface area (Å²) in [4.78, 5) is 45.9. The third-order valence-corrected chi connectivity index (χ3v) is 2.12. The van der Waals surface area contributed by atoms with E-state index in [9.17, 15) is 19.2 Å². The first kappa shape index (κ1) is 15.8. The van der Waals surface area contributed by atoms with Crippen molar-refractivity contribution in [3.05, 3.63) is 12.7 Å². The summed E-state index contributed by atoms with van der Waals surface area (Å²) in [6.07, 6.45) is 0.317. The number of carbonyl (C=O) groups excluding carboxylic acids is 4. The van der Waals surface area contributed by atoms with Gasteiger partial charge in [-0.05, 0) is 6.08 Å². The number of amides is 1. The molecule has 0 rings (SSSR count). The van der Waals surface area contributed by atoms with Gasteiger partial charge in [-0.2, -0.15) is 0 Å². The van der Waals surface area contributed by atoms with Gasteiger partial charge in [0.05, 0.1) is 20.6 Å². The number of rotatable bonds is 6. The zero-order valence-electron chi connectivity index (χ0n) is 10.4. The van der Waals surface area contributed by atoms with Crippen LogP contribution < -0.4 is 5.32 Å². The second kappa shape index (κ2) is 6.53. The molecule has 0 radical (unpaired) electrons. The Morgan fingerprint density at radius 3 is 1.89 bits per heavy atom. The van der Waals surface area contributed by atoms with E-state index in [2.05, 4.69) is 21.4 Å². The largest absolute Gasteiger partial charge is 0.467 e. The molecule has 1 N–H and O–H groups in total. The summed E-state index contributed by atoms with van der Waals surface area (Å²) < 4.78 is 8.89. The topological polar surface area (TPSA) is 98.8 Å². The van der Waals surface area contributed by atoms with Crippen molar-refractivity contribution < 1.29 is 28.7 Å². The quantitative estimate of drug-likeness (QED) is 0.386. The molecule has 0 fully saturated rings. The summed E-state index contributed by atoms with van der Waals surface area (Å²) in [5.74, 6) is -3.46. The first-order valence-electron chi connectivity index (χ1n) is 4.95. The van der Waals surface area contributed by atoms with Gasteiger partial charge in [0.2, 0.25) is 11.4 Å². The molecule has 7 nitrogen and oxygen atoms in total. The van der Waals surface area contributed by atoms with Crippen LogP contribution in [-0.4, -0.2) is 43.4 Å². The lowest BCUT2D eigenvalue weighted by atomic mass is 9.92. The first-order valence-corrected chi connectivity index (χ1v) is 4.95. The van der Waals surface area contributed by atoms with Gasteiger partial charge in [-0.1, -0.05) is 6.58 Å². The summed E-state index contributed by atoms with van der Waals surface area (Å²) in [6.45, 7) is 4.32. The van der Waals surface area contributed by atoms with Crippen LogP contribution in [0.4, 0.5) is 0 Å². The molecule has 100 valence electrons. The zero-order valence-corrected chi connectivity index (χ0v) is 10.4. The Hall–Kier alpha value is -2.18. The maximum absolute atomic E-state index is 11.7. The number of esters is 2. The number of hydrogen-bond acceptors (Lipinski definition) is 6. The van der Waals surface area contributed by atoms with Crippen molar-refractivity contribution >= 4 is 23.6 Å². The third-order valence-electron chi connectivity index (χ3n) is 2.12. The summed E-state index contributed by atoms with van der Waals surface area (Å²) >= 11 is 0. The van der Waals surface area contributed by atoms with Crippen LogP contribution in [0.25, 0.3) is 0 Å². The highest BCUT2D eigenvalue weighted by Crippen LogP contribution is 2.16. The summed E-state index contributed by atoms with van der Waals surface area (Å²) in [7, 11) is 2.06. The molecule has 0 aliphatic heterocycles. The van der Waals surface area contributed by atoms with Crippen molar-refractivity contribution in [1.82, 2.24) is 5.32 Å². The van der Waals surface area contributed by atoms with E-state index in [1.165, 1.54) is 0 Å².